The molecule has 0 saturated heterocycles. The molecule has 0 fully saturated rings. The zero-order valence-electron chi connectivity index (χ0n) is 25.2. The first-order valence-corrected chi connectivity index (χ1v) is 15.7. The van der Waals surface area contributed by atoms with Gasteiger partial charge in [-0.05, 0) is 59.4 Å². The number of benzene rings is 3. The van der Waals surface area contributed by atoms with E-state index in [4.69, 9.17) is 55.9 Å². The Kier molecular flexibility index (Phi) is 13.7. The molecule has 0 unspecified atom stereocenters. The molecule has 3 aromatic carbocycles. The fraction of sp³-hybridized carbons (Fsp3) is 0.235. The summed E-state index contributed by atoms with van der Waals surface area (Å²) >= 11 is 25.1. The Morgan fingerprint density at radius 2 is 1.02 bits per heavy atom. The second-order valence-corrected chi connectivity index (χ2v) is 11.5. The molecule has 0 bridgehead atoms. The lowest BCUT2D eigenvalue weighted by atomic mass is 10.0. The van der Waals surface area contributed by atoms with Crippen molar-refractivity contribution in [3.8, 4) is 11.5 Å². The molecule has 0 aromatic heterocycles. The molecule has 0 aliphatic heterocycles. The van der Waals surface area contributed by atoms with Crippen molar-refractivity contribution >= 4 is 69.8 Å². The van der Waals surface area contributed by atoms with Crippen LogP contribution in [0.25, 0.3) is 0 Å². The van der Waals surface area contributed by atoms with E-state index >= 15 is 0 Å². The van der Waals surface area contributed by atoms with Gasteiger partial charge < -0.3 is 20.1 Å². The molecule has 3 rings (SSSR count). The van der Waals surface area contributed by atoms with Gasteiger partial charge in [0.25, 0.3) is 11.8 Å². The smallest absolute Gasteiger partial charge is 0.258 e. The van der Waals surface area contributed by atoms with Crippen LogP contribution in [-0.2, 0) is 22.7 Å². The number of allylic oxidation sites excluding steroid dienone is 2. The van der Waals surface area contributed by atoms with Gasteiger partial charge in [-0.3, -0.25) is 19.2 Å². The van der Waals surface area contributed by atoms with Crippen molar-refractivity contribution in [1.29, 1.82) is 0 Å². The molecule has 0 aliphatic rings. The normalized spacial score (nSPS) is 10.6. The van der Waals surface area contributed by atoms with Gasteiger partial charge in [0.1, 0.15) is 21.5 Å². The van der Waals surface area contributed by atoms with Gasteiger partial charge in [-0.2, -0.15) is 0 Å². The Bertz CT molecular complexity index is 1570. The average Bonchev–Trinajstić information content (AvgIpc) is 3.06. The first-order chi connectivity index (χ1) is 21.9. The summed E-state index contributed by atoms with van der Waals surface area (Å²) in [4.78, 5) is 49.7. The molecule has 242 valence electrons. The molecule has 0 radical (unpaired) electrons. The van der Waals surface area contributed by atoms with E-state index < -0.39 is 11.8 Å². The lowest BCUT2D eigenvalue weighted by Gasteiger charge is -2.13. The lowest BCUT2D eigenvalue weighted by molar-refractivity contribution is -0.124. The van der Waals surface area contributed by atoms with Crippen molar-refractivity contribution in [1.82, 2.24) is 10.6 Å². The van der Waals surface area contributed by atoms with Crippen molar-refractivity contribution in [2.75, 3.05) is 13.2 Å². The number of halogens is 4. The van der Waals surface area contributed by atoms with Gasteiger partial charge in [-0.1, -0.05) is 97.7 Å². The molecule has 46 heavy (non-hydrogen) atoms. The molecule has 3 aromatic rings. The number of amides is 2. The number of nitrogens with one attached hydrogen (secondary N) is 2. The van der Waals surface area contributed by atoms with Crippen LogP contribution in [0.5, 0.6) is 11.5 Å². The molecule has 2 N–H and O–H groups in total. The fourth-order valence-electron chi connectivity index (χ4n) is 3.98. The van der Waals surface area contributed by atoms with Crippen molar-refractivity contribution in [2.45, 2.75) is 39.8 Å². The first-order valence-electron chi connectivity index (χ1n) is 14.2. The highest BCUT2D eigenvalue weighted by molar-refractivity contribution is 6.46. The zero-order chi connectivity index (χ0) is 34.0. The van der Waals surface area contributed by atoms with Crippen LogP contribution in [0.4, 0.5) is 0 Å². The van der Waals surface area contributed by atoms with E-state index in [1.165, 1.54) is 24.3 Å². The van der Waals surface area contributed by atoms with Crippen molar-refractivity contribution < 1.29 is 28.7 Å². The van der Waals surface area contributed by atoms with Crippen LogP contribution >= 0.6 is 46.4 Å². The second-order valence-electron chi connectivity index (χ2n) is 10.0. The van der Waals surface area contributed by atoms with Gasteiger partial charge in [0.2, 0.25) is 0 Å². The summed E-state index contributed by atoms with van der Waals surface area (Å²) in [6, 6.07) is 13.2. The number of carbonyl (C=O) groups is 4. The summed E-state index contributed by atoms with van der Waals surface area (Å²) in [6.45, 7) is 10.8. The van der Waals surface area contributed by atoms with Crippen LogP contribution in [0.3, 0.4) is 0 Å². The number of rotatable bonds is 16. The molecule has 2 amide bonds. The van der Waals surface area contributed by atoms with Gasteiger partial charge in [0.15, 0.2) is 24.8 Å². The monoisotopic (exact) mass is 704 g/mol. The van der Waals surface area contributed by atoms with Gasteiger partial charge >= 0.3 is 0 Å². The molecule has 0 heterocycles. The molecule has 12 heteroatoms. The number of ether oxygens (including phenoxy) is 2. The molecule has 8 nitrogen and oxygen atoms in total. The highest BCUT2D eigenvalue weighted by Crippen LogP contribution is 2.37. The fourth-order valence-corrected chi connectivity index (χ4v) is 4.90. The Morgan fingerprint density at radius 1 is 0.630 bits per heavy atom. The summed E-state index contributed by atoms with van der Waals surface area (Å²) in [5.74, 6) is -1.10. The standard InChI is InChI=1S/C34H32Cl4N2O6/c1-5-19(3)33(43)23-10-12-25(31(37)29(23)35)45-17-27(41)39-15-21-8-7-9-22(14-21)16-40-28(42)18-46-26-13-11-24(30(36)32(26)38)34(44)20(4)6-2/h7-14H,3-6,15-18H2,1-2H3,(H,39,41)(H,40,42). The van der Waals surface area contributed by atoms with E-state index in [0.29, 0.717) is 24.0 Å². The Labute approximate surface area is 287 Å². The molecule has 0 atom stereocenters. The number of ketones is 2. The van der Waals surface area contributed by atoms with Crippen molar-refractivity contribution in [2.24, 2.45) is 0 Å². The van der Waals surface area contributed by atoms with Gasteiger partial charge in [-0.25, -0.2) is 0 Å². The number of hydrogen-bond donors (Lipinski definition) is 2. The SMILES string of the molecule is C=C(CC)C(=O)c1ccc(OCC(=O)NCc2cccc(CNC(=O)COc3ccc(C(=O)C(=C)CC)c(Cl)c3Cl)c2)c(Cl)c1Cl. The van der Waals surface area contributed by atoms with E-state index in [1.807, 2.05) is 32.0 Å². The maximum absolute atomic E-state index is 12.4. The highest BCUT2D eigenvalue weighted by Gasteiger charge is 2.20. The first kappa shape index (κ1) is 36.6. The second kappa shape index (κ2) is 17.2. The largest absolute Gasteiger partial charge is 0.482 e. The maximum Gasteiger partial charge on any atom is 0.258 e. The molecule has 0 spiro atoms. The van der Waals surface area contributed by atoms with E-state index in [9.17, 15) is 19.2 Å². The van der Waals surface area contributed by atoms with E-state index in [-0.39, 0.29) is 80.6 Å². The minimum atomic E-state index is -0.408. The van der Waals surface area contributed by atoms with E-state index in [0.717, 1.165) is 11.1 Å². The van der Waals surface area contributed by atoms with Crippen molar-refractivity contribution in [3.63, 3.8) is 0 Å². The van der Waals surface area contributed by atoms with Crippen LogP contribution < -0.4 is 20.1 Å². The van der Waals surface area contributed by atoms with Crippen LogP contribution in [0.15, 0.2) is 72.8 Å². The summed E-state index contributed by atoms with van der Waals surface area (Å²) < 4.78 is 11.0. The summed E-state index contributed by atoms with van der Waals surface area (Å²) in [5.41, 5.74) is 2.80. The minimum absolute atomic E-state index is 0.0275. The third-order valence-corrected chi connectivity index (χ3v) is 8.50. The van der Waals surface area contributed by atoms with Gasteiger partial charge in [0, 0.05) is 24.2 Å². The van der Waals surface area contributed by atoms with E-state index in [1.54, 1.807) is 6.07 Å². The average molecular weight is 706 g/mol. The Hall–Kier alpha value is -3.82. The number of Topliss-reactive ketones (excluding diaryl/α,β-unsaturated/α-hetero) is 2. The maximum atomic E-state index is 12.4. The predicted octanol–water partition coefficient (Wildman–Crippen LogP) is 7.99. The lowest BCUT2D eigenvalue weighted by Crippen LogP contribution is -2.29. The number of hydrogen-bond acceptors (Lipinski definition) is 6. The van der Waals surface area contributed by atoms with Crippen LogP contribution in [0.2, 0.25) is 20.1 Å². The Balaban J connectivity index is 1.47. The number of carbonyl (C=O) groups excluding carboxylic acids is 4. The summed E-state index contributed by atoms with van der Waals surface area (Å²) in [7, 11) is 0. The van der Waals surface area contributed by atoms with Crippen LogP contribution in [0.1, 0.15) is 58.5 Å². The molecule has 0 saturated carbocycles. The summed E-state index contributed by atoms with van der Waals surface area (Å²) in [6.07, 6.45) is 0.947. The van der Waals surface area contributed by atoms with E-state index in [2.05, 4.69) is 23.8 Å². The minimum Gasteiger partial charge on any atom is -0.482 e. The van der Waals surface area contributed by atoms with Crippen molar-refractivity contribution in [3.05, 3.63) is 115 Å². The molecular weight excluding hydrogens is 674 g/mol. The zero-order valence-corrected chi connectivity index (χ0v) is 28.3. The van der Waals surface area contributed by atoms with Gasteiger partial charge in [0.05, 0.1) is 10.0 Å². The molecule has 0 aliphatic carbocycles. The highest BCUT2D eigenvalue weighted by atomic mass is 35.5. The van der Waals surface area contributed by atoms with Crippen LogP contribution in [0, 0.1) is 0 Å². The topological polar surface area (TPSA) is 111 Å². The van der Waals surface area contributed by atoms with Crippen LogP contribution in [-0.4, -0.2) is 36.6 Å². The third-order valence-electron chi connectivity index (χ3n) is 6.77. The third kappa shape index (κ3) is 9.59. The molecular formula is C34H32Cl4N2O6. The quantitative estimate of drug-likeness (QED) is 0.116. The predicted molar refractivity (Wildman–Crippen MR) is 182 cm³/mol. The Morgan fingerprint density at radius 3 is 1.39 bits per heavy atom. The van der Waals surface area contributed by atoms with Gasteiger partial charge in [-0.15, -0.1) is 0 Å². The summed E-state index contributed by atoms with van der Waals surface area (Å²) in [5, 5.41) is 5.63.